The van der Waals surface area contributed by atoms with E-state index in [0.717, 1.165) is 31.2 Å². The molecule has 4 heteroatoms. The largest absolute Gasteiger partial charge is 0.361 e. The zero-order chi connectivity index (χ0) is 17.3. The van der Waals surface area contributed by atoms with Crippen LogP contribution in [0.3, 0.4) is 0 Å². The first-order chi connectivity index (χ1) is 12.3. The van der Waals surface area contributed by atoms with Gasteiger partial charge in [-0.1, -0.05) is 55.0 Å². The van der Waals surface area contributed by atoms with E-state index in [-0.39, 0.29) is 5.91 Å². The van der Waals surface area contributed by atoms with Gasteiger partial charge >= 0.3 is 0 Å². The Balaban J connectivity index is 1.28. The summed E-state index contributed by atoms with van der Waals surface area (Å²) in [6, 6.07) is 18.2. The summed E-state index contributed by atoms with van der Waals surface area (Å²) in [6.45, 7) is 0.396. The van der Waals surface area contributed by atoms with Crippen molar-refractivity contribution in [2.45, 2.75) is 38.7 Å². The first kappa shape index (κ1) is 17.2. The Morgan fingerprint density at radius 1 is 0.960 bits per heavy atom. The molecule has 1 heterocycles. The minimum absolute atomic E-state index is 0.0528. The highest BCUT2D eigenvalue weighted by Gasteiger charge is 2.04. The average Bonchev–Trinajstić information content (AvgIpc) is 3.06. The Hall–Kier alpha value is -2.59. The van der Waals surface area contributed by atoms with Gasteiger partial charge in [0.15, 0.2) is 0 Å². The van der Waals surface area contributed by atoms with Crippen molar-refractivity contribution in [2.75, 3.05) is 0 Å². The smallest absolute Gasteiger partial charge is 0.243 e. The second kappa shape index (κ2) is 9.04. The van der Waals surface area contributed by atoms with Gasteiger partial charge in [0.2, 0.25) is 5.91 Å². The number of hydrogen-bond donors (Lipinski definition) is 2. The highest BCUT2D eigenvalue weighted by molar-refractivity contribution is 5.83. The predicted octanol–water partition coefficient (Wildman–Crippen LogP) is 4.52. The Morgan fingerprint density at radius 3 is 2.64 bits per heavy atom. The molecule has 0 unspecified atom stereocenters. The van der Waals surface area contributed by atoms with Crippen LogP contribution in [0.5, 0.6) is 0 Å². The third kappa shape index (κ3) is 5.19. The van der Waals surface area contributed by atoms with Gasteiger partial charge in [-0.3, -0.25) is 9.63 Å². The molecule has 0 spiro atoms. The fourth-order valence-corrected chi connectivity index (χ4v) is 2.94. The monoisotopic (exact) mass is 336 g/mol. The lowest BCUT2D eigenvalue weighted by molar-refractivity contribution is -0.134. The van der Waals surface area contributed by atoms with Crippen molar-refractivity contribution in [3.05, 3.63) is 71.9 Å². The molecule has 0 aliphatic carbocycles. The van der Waals surface area contributed by atoms with Crippen LogP contribution < -0.4 is 5.48 Å². The second-order valence-electron chi connectivity index (χ2n) is 6.22. The number of aromatic amines is 1. The van der Waals surface area contributed by atoms with Crippen molar-refractivity contribution in [2.24, 2.45) is 0 Å². The van der Waals surface area contributed by atoms with Crippen LogP contribution in [0.1, 0.15) is 36.8 Å². The second-order valence-corrected chi connectivity index (χ2v) is 6.22. The van der Waals surface area contributed by atoms with E-state index >= 15 is 0 Å². The zero-order valence-corrected chi connectivity index (χ0v) is 14.3. The molecule has 0 saturated heterocycles. The number of H-pyrrole nitrogens is 1. The van der Waals surface area contributed by atoms with Crippen LogP contribution in [0.15, 0.2) is 60.8 Å². The molecule has 2 aromatic carbocycles. The SMILES string of the molecule is O=C(CCCCCc1c[nH]c2ccccc12)NOCc1ccccc1. The van der Waals surface area contributed by atoms with E-state index < -0.39 is 0 Å². The first-order valence-corrected chi connectivity index (χ1v) is 8.82. The van der Waals surface area contributed by atoms with Crippen molar-refractivity contribution < 1.29 is 9.63 Å². The van der Waals surface area contributed by atoms with Crippen LogP contribution in [-0.4, -0.2) is 10.9 Å². The van der Waals surface area contributed by atoms with E-state index in [0.29, 0.717) is 13.0 Å². The van der Waals surface area contributed by atoms with Crippen LogP contribution >= 0.6 is 0 Å². The maximum atomic E-state index is 11.8. The van der Waals surface area contributed by atoms with Crippen molar-refractivity contribution in [3.63, 3.8) is 0 Å². The molecule has 0 atom stereocenters. The summed E-state index contributed by atoms with van der Waals surface area (Å²) in [7, 11) is 0. The topological polar surface area (TPSA) is 54.1 Å². The van der Waals surface area contributed by atoms with Crippen LogP contribution in [0, 0.1) is 0 Å². The lowest BCUT2D eigenvalue weighted by Crippen LogP contribution is -2.23. The molecular formula is C21H24N2O2. The molecule has 2 N–H and O–H groups in total. The van der Waals surface area contributed by atoms with Gasteiger partial charge in [-0.05, 0) is 36.5 Å². The molecule has 0 saturated carbocycles. The van der Waals surface area contributed by atoms with Crippen molar-refractivity contribution in [1.82, 2.24) is 10.5 Å². The van der Waals surface area contributed by atoms with Gasteiger partial charge in [0.25, 0.3) is 0 Å². The number of nitrogens with one attached hydrogen (secondary N) is 2. The summed E-state index contributed by atoms with van der Waals surface area (Å²) >= 11 is 0. The maximum Gasteiger partial charge on any atom is 0.243 e. The summed E-state index contributed by atoms with van der Waals surface area (Å²) in [5.74, 6) is -0.0528. The highest BCUT2D eigenvalue weighted by Crippen LogP contribution is 2.19. The lowest BCUT2D eigenvalue weighted by Gasteiger charge is -2.06. The fraction of sp³-hybridized carbons (Fsp3) is 0.286. The van der Waals surface area contributed by atoms with E-state index in [4.69, 9.17) is 4.84 Å². The molecule has 1 aromatic heterocycles. The number of para-hydroxylation sites is 1. The maximum absolute atomic E-state index is 11.8. The fourth-order valence-electron chi connectivity index (χ4n) is 2.94. The minimum Gasteiger partial charge on any atom is -0.361 e. The van der Waals surface area contributed by atoms with Crippen LogP contribution in [0.4, 0.5) is 0 Å². The van der Waals surface area contributed by atoms with Crippen molar-refractivity contribution in [1.29, 1.82) is 0 Å². The quantitative estimate of drug-likeness (QED) is 0.446. The summed E-state index contributed by atoms with van der Waals surface area (Å²) in [5.41, 5.74) is 6.10. The Bertz CT molecular complexity index is 796. The van der Waals surface area contributed by atoms with Gasteiger partial charge in [0.1, 0.15) is 0 Å². The number of benzene rings is 2. The molecule has 1 amide bonds. The Labute approximate surface area is 148 Å². The third-order valence-electron chi connectivity index (χ3n) is 4.29. The summed E-state index contributed by atoms with van der Waals surface area (Å²) in [6.07, 6.45) is 6.63. The highest BCUT2D eigenvalue weighted by atomic mass is 16.6. The van der Waals surface area contributed by atoms with Gasteiger partial charge in [-0.15, -0.1) is 0 Å². The molecule has 3 rings (SSSR count). The summed E-state index contributed by atoms with van der Waals surface area (Å²) < 4.78 is 0. The molecule has 0 aliphatic rings. The standard InChI is InChI=1S/C21H24N2O2/c24-21(23-25-16-17-9-3-1-4-10-17)14-6-2-5-11-18-15-22-20-13-8-7-12-19(18)20/h1,3-4,7-10,12-13,15,22H,2,5-6,11,14,16H2,(H,23,24). The number of unbranched alkanes of at least 4 members (excludes halogenated alkanes) is 2. The molecule has 0 fully saturated rings. The predicted molar refractivity (Wildman–Crippen MR) is 99.8 cm³/mol. The number of amides is 1. The number of aryl methyl sites for hydroxylation is 1. The normalized spacial score (nSPS) is 10.9. The van der Waals surface area contributed by atoms with Crippen LogP contribution in [0.2, 0.25) is 0 Å². The van der Waals surface area contributed by atoms with Crippen molar-refractivity contribution >= 4 is 16.8 Å². The van der Waals surface area contributed by atoms with Gasteiger partial charge in [0.05, 0.1) is 6.61 Å². The summed E-state index contributed by atoms with van der Waals surface area (Å²) in [4.78, 5) is 20.3. The van der Waals surface area contributed by atoms with Crippen molar-refractivity contribution in [3.8, 4) is 0 Å². The van der Waals surface area contributed by atoms with Gasteiger partial charge in [-0.25, -0.2) is 5.48 Å². The van der Waals surface area contributed by atoms with Crippen LogP contribution in [-0.2, 0) is 22.7 Å². The van der Waals surface area contributed by atoms with Gasteiger partial charge in [-0.2, -0.15) is 0 Å². The first-order valence-electron chi connectivity index (χ1n) is 8.82. The number of hydrogen-bond acceptors (Lipinski definition) is 2. The molecule has 4 nitrogen and oxygen atoms in total. The summed E-state index contributed by atoms with van der Waals surface area (Å²) in [5, 5.41) is 1.30. The number of hydroxylamine groups is 1. The molecule has 3 aromatic rings. The number of carbonyl (C=O) groups excluding carboxylic acids is 1. The molecule has 25 heavy (non-hydrogen) atoms. The molecule has 0 aliphatic heterocycles. The number of rotatable bonds is 9. The van der Waals surface area contributed by atoms with E-state index in [1.54, 1.807) is 0 Å². The van der Waals surface area contributed by atoms with E-state index in [9.17, 15) is 4.79 Å². The molecule has 0 bridgehead atoms. The number of carbonyl (C=O) groups is 1. The lowest BCUT2D eigenvalue weighted by atomic mass is 10.1. The third-order valence-corrected chi connectivity index (χ3v) is 4.29. The van der Waals surface area contributed by atoms with Gasteiger partial charge in [0, 0.05) is 23.5 Å². The van der Waals surface area contributed by atoms with E-state index in [1.165, 1.54) is 16.5 Å². The minimum atomic E-state index is -0.0528. The van der Waals surface area contributed by atoms with E-state index in [2.05, 4.69) is 34.9 Å². The molecular weight excluding hydrogens is 312 g/mol. The number of fused-ring (bicyclic) bond motifs is 1. The van der Waals surface area contributed by atoms with E-state index in [1.807, 2.05) is 36.4 Å². The average molecular weight is 336 g/mol. The van der Waals surface area contributed by atoms with Crippen LogP contribution in [0.25, 0.3) is 10.9 Å². The van der Waals surface area contributed by atoms with Gasteiger partial charge < -0.3 is 4.98 Å². The Kier molecular flexibility index (Phi) is 6.23. The number of aromatic nitrogens is 1. The molecule has 130 valence electrons. The zero-order valence-electron chi connectivity index (χ0n) is 14.3. The Morgan fingerprint density at radius 2 is 1.76 bits per heavy atom. The molecule has 0 radical (unpaired) electrons.